The quantitative estimate of drug-likeness (QED) is 0.762. The standard InChI is InChI=1S/C15H10Cl3NO/c16-12-4-2-1-3-10(12)5-8-15(20)19-11-6-7-13(17)14(18)9-11/h1-9H,(H,19,20). The Morgan fingerprint density at radius 2 is 1.70 bits per heavy atom. The summed E-state index contributed by atoms with van der Waals surface area (Å²) in [7, 11) is 0. The second-order valence-electron chi connectivity index (χ2n) is 3.97. The van der Waals surface area contributed by atoms with E-state index in [2.05, 4.69) is 5.32 Å². The van der Waals surface area contributed by atoms with Gasteiger partial charge in [0.05, 0.1) is 10.0 Å². The molecule has 2 aromatic rings. The Bertz CT molecular complexity index is 668. The Morgan fingerprint density at radius 3 is 2.40 bits per heavy atom. The lowest BCUT2D eigenvalue weighted by Gasteiger charge is -2.03. The van der Waals surface area contributed by atoms with Crippen LogP contribution in [0.25, 0.3) is 6.08 Å². The van der Waals surface area contributed by atoms with Gasteiger partial charge in [-0.1, -0.05) is 53.0 Å². The number of carbonyl (C=O) groups excluding carboxylic acids is 1. The number of hydrogen-bond donors (Lipinski definition) is 1. The first-order valence-corrected chi connectivity index (χ1v) is 6.88. The van der Waals surface area contributed by atoms with E-state index in [-0.39, 0.29) is 5.91 Å². The molecule has 0 radical (unpaired) electrons. The summed E-state index contributed by atoms with van der Waals surface area (Å²) in [5, 5.41) is 4.11. The number of benzene rings is 2. The molecule has 1 N–H and O–H groups in total. The van der Waals surface area contributed by atoms with Gasteiger partial charge in [0, 0.05) is 16.8 Å². The highest BCUT2D eigenvalue weighted by atomic mass is 35.5. The van der Waals surface area contributed by atoms with Gasteiger partial charge in [-0.25, -0.2) is 0 Å². The first-order chi connectivity index (χ1) is 9.56. The predicted molar refractivity (Wildman–Crippen MR) is 85.6 cm³/mol. The highest BCUT2D eigenvalue weighted by Crippen LogP contribution is 2.25. The van der Waals surface area contributed by atoms with Crippen molar-refractivity contribution in [2.75, 3.05) is 5.32 Å². The molecule has 0 fully saturated rings. The summed E-state index contributed by atoms with van der Waals surface area (Å²) in [6, 6.07) is 12.2. The first kappa shape index (κ1) is 14.9. The van der Waals surface area contributed by atoms with Crippen LogP contribution in [0.4, 0.5) is 5.69 Å². The van der Waals surface area contributed by atoms with Crippen LogP contribution in [-0.4, -0.2) is 5.91 Å². The van der Waals surface area contributed by atoms with E-state index in [0.717, 1.165) is 5.56 Å². The van der Waals surface area contributed by atoms with E-state index in [1.54, 1.807) is 30.3 Å². The molecule has 0 spiro atoms. The van der Waals surface area contributed by atoms with Crippen molar-refractivity contribution in [1.29, 1.82) is 0 Å². The van der Waals surface area contributed by atoms with E-state index in [1.165, 1.54) is 6.08 Å². The van der Waals surface area contributed by atoms with Gasteiger partial charge >= 0.3 is 0 Å². The zero-order valence-corrected chi connectivity index (χ0v) is 12.5. The molecule has 2 aromatic carbocycles. The first-order valence-electron chi connectivity index (χ1n) is 5.75. The van der Waals surface area contributed by atoms with E-state index in [0.29, 0.717) is 20.8 Å². The van der Waals surface area contributed by atoms with Crippen molar-refractivity contribution in [2.24, 2.45) is 0 Å². The van der Waals surface area contributed by atoms with Crippen LogP contribution in [-0.2, 0) is 4.79 Å². The number of hydrogen-bond acceptors (Lipinski definition) is 1. The smallest absolute Gasteiger partial charge is 0.248 e. The summed E-state index contributed by atoms with van der Waals surface area (Å²) < 4.78 is 0. The average molecular weight is 327 g/mol. The van der Waals surface area contributed by atoms with Crippen molar-refractivity contribution < 1.29 is 4.79 Å². The van der Waals surface area contributed by atoms with Crippen LogP contribution in [0.15, 0.2) is 48.5 Å². The zero-order valence-electron chi connectivity index (χ0n) is 10.2. The molecule has 0 unspecified atom stereocenters. The van der Waals surface area contributed by atoms with Crippen LogP contribution in [0, 0.1) is 0 Å². The lowest BCUT2D eigenvalue weighted by molar-refractivity contribution is -0.111. The molecule has 2 nitrogen and oxygen atoms in total. The lowest BCUT2D eigenvalue weighted by atomic mass is 10.2. The Labute approximate surface area is 132 Å². The summed E-state index contributed by atoms with van der Waals surface area (Å²) in [5.74, 6) is -0.275. The second-order valence-corrected chi connectivity index (χ2v) is 5.19. The summed E-state index contributed by atoms with van der Waals surface area (Å²) in [6.45, 7) is 0. The Kier molecular flexibility index (Phi) is 5.07. The minimum Gasteiger partial charge on any atom is -0.322 e. The van der Waals surface area contributed by atoms with Gasteiger partial charge < -0.3 is 5.32 Å². The van der Waals surface area contributed by atoms with Crippen molar-refractivity contribution in [2.45, 2.75) is 0 Å². The molecule has 0 saturated heterocycles. The van der Waals surface area contributed by atoms with Gasteiger partial charge in [-0.2, -0.15) is 0 Å². The maximum Gasteiger partial charge on any atom is 0.248 e. The fourth-order valence-electron chi connectivity index (χ4n) is 1.53. The number of halogens is 3. The third-order valence-electron chi connectivity index (χ3n) is 2.51. The molecule has 2 rings (SSSR count). The van der Waals surface area contributed by atoms with E-state index in [1.807, 2.05) is 18.2 Å². The molecule has 0 aromatic heterocycles. The normalized spacial score (nSPS) is 10.8. The Hall–Kier alpha value is -1.48. The lowest BCUT2D eigenvalue weighted by Crippen LogP contribution is -2.07. The molecule has 5 heteroatoms. The monoisotopic (exact) mass is 325 g/mol. The van der Waals surface area contributed by atoms with Crippen molar-refractivity contribution in [3.63, 3.8) is 0 Å². The Morgan fingerprint density at radius 1 is 0.950 bits per heavy atom. The van der Waals surface area contributed by atoms with Crippen molar-refractivity contribution in [1.82, 2.24) is 0 Å². The average Bonchev–Trinajstić information content (AvgIpc) is 2.42. The van der Waals surface area contributed by atoms with Gasteiger partial charge in [0.15, 0.2) is 0 Å². The van der Waals surface area contributed by atoms with Gasteiger partial charge in [0.2, 0.25) is 5.91 Å². The van der Waals surface area contributed by atoms with Gasteiger partial charge in [0.25, 0.3) is 0 Å². The molecule has 0 aliphatic carbocycles. The highest BCUT2D eigenvalue weighted by molar-refractivity contribution is 6.42. The number of carbonyl (C=O) groups is 1. The minimum absolute atomic E-state index is 0.275. The van der Waals surface area contributed by atoms with Crippen molar-refractivity contribution >= 4 is 52.5 Å². The van der Waals surface area contributed by atoms with Crippen molar-refractivity contribution in [3.8, 4) is 0 Å². The van der Waals surface area contributed by atoms with Gasteiger partial charge in [0.1, 0.15) is 0 Å². The van der Waals surface area contributed by atoms with Crippen LogP contribution in [0.1, 0.15) is 5.56 Å². The third kappa shape index (κ3) is 4.01. The zero-order chi connectivity index (χ0) is 14.5. The molecule has 0 aliphatic rings. The van der Waals surface area contributed by atoms with Gasteiger partial charge in [-0.15, -0.1) is 0 Å². The maximum atomic E-state index is 11.8. The van der Waals surface area contributed by atoms with E-state index >= 15 is 0 Å². The molecule has 1 amide bonds. The molecule has 0 saturated carbocycles. The van der Waals surface area contributed by atoms with Crippen LogP contribution >= 0.6 is 34.8 Å². The van der Waals surface area contributed by atoms with Crippen molar-refractivity contribution in [3.05, 3.63) is 69.2 Å². The van der Waals surface area contributed by atoms with Gasteiger partial charge in [-0.3, -0.25) is 4.79 Å². The molecule has 0 aliphatic heterocycles. The number of nitrogens with one attached hydrogen (secondary N) is 1. The fraction of sp³-hybridized carbons (Fsp3) is 0. The SMILES string of the molecule is O=C(C=Cc1ccccc1Cl)Nc1ccc(Cl)c(Cl)c1. The van der Waals surface area contributed by atoms with Crippen LogP contribution in [0.3, 0.4) is 0 Å². The van der Waals surface area contributed by atoms with Crippen LogP contribution in [0.2, 0.25) is 15.1 Å². The minimum atomic E-state index is -0.275. The molecule has 0 bridgehead atoms. The maximum absolute atomic E-state index is 11.8. The van der Waals surface area contributed by atoms with Crippen LogP contribution in [0.5, 0.6) is 0 Å². The molecule has 102 valence electrons. The number of anilines is 1. The fourth-order valence-corrected chi connectivity index (χ4v) is 2.03. The molecule has 0 heterocycles. The topological polar surface area (TPSA) is 29.1 Å². The molecular formula is C15H10Cl3NO. The van der Waals surface area contributed by atoms with E-state index in [9.17, 15) is 4.79 Å². The number of amides is 1. The third-order valence-corrected chi connectivity index (χ3v) is 3.59. The summed E-state index contributed by atoms with van der Waals surface area (Å²) in [5.41, 5.74) is 1.35. The summed E-state index contributed by atoms with van der Waals surface area (Å²) in [4.78, 5) is 11.8. The Balaban J connectivity index is 2.06. The number of rotatable bonds is 3. The van der Waals surface area contributed by atoms with E-state index in [4.69, 9.17) is 34.8 Å². The predicted octanol–water partition coefficient (Wildman–Crippen LogP) is 5.30. The van der Waals surface area contributed by atoms with Crippen LogP contribution < -0.4 is 5.32 Å². The summed E-state index contributed by atoms with van der Waals surface area (Å²) >= 11 is 17.7. The molecule has 0 atom stereocenters. The highest BCUT2D eigenvalue weighted by Gasteiger charge is 2.02. The molecular weight excluding hydrogens is 317 g/mol. The molecule has 20 heavy (non-hydrogen) atoms. The largest absolute Gasteiger partial charge is 0.322 e. The summed E-state index contributed by atoms with van der Waals surface area (Å²) in [6.07, 6.45) is 3.05. The van der Waals surface area contributed by atoms with E-state index < -0.39 is 0 Å². The second kappa shape index (κ2) is 6.80. The van der Waals surface area contributed by atoms with Gasteiger partial charge in [-0.05, 0) is 35.9 Å².